The van der Waals surface area contributed by atoms with Gasteiger partial charge in [-0.25, -0.2) is 0 Å². The number of allylic oxidation sites excluding steroid dienone is 12. The van der Waals surface area contributed by atoms with Crippen LogP contribution >= 0.6 is 0 Å². The molecule has 0 aromatic rings. The van der Waals surface area contributed by atoms with Crippen LogP contribution in [-0.4, -0.2) is 37.0 Å². The first-order chi connectivity index (χ1) is 27.7. The molecule has 0 amide bonds. The number of carbonyl (C=O) groups excluding carboxylic acids is 1. The van der Waals surface area contributed by atoms with E-state index in [0.717, 1.165) is 70.6 Å². The average Bonchev–Trinajstić information content (AvgIpc) is 3.20. The van der Waals surface area contributed by atoms with Gasteiger partial charge in [-0.1, -0.05) is 228 Å². The van der Waals surface area contributed by atoms with Crippen LogP contribution < -0.4 is 0 Å². The molecule has 0 saturated carbocycles. The lowest BCUT2D eigenvalue weighted by molar-refractivity contribution is -0.154. The van der Waals surface area contributed by atoms with Gasteiger partial charge in [0.2, 0.25) is 0 Å². The van der Waals surface area contributed by atoms with Crippen molar-refractivity contribution in [1.82, 2.24) is 0 Å². The molecule has 0 fully saturated rings. The van der Waals surface area contributed by atoms with Gasteiger partial charge in [0.05, 0.1) is 13.2 Å². The van der Waals surface area contributed by atoms with Crippen molar-refractivity contribution in [2.24, 2.45) is 0 Å². The quantitative estimate of drug-likeness (QED) is 0.0380. The van der Waals surface area contributed by atoms with Crippen LogP contribution in [0.15, 0.2) is 72.9 Å². The van der Waals surface area contributed by atoms with Crippen molar-refractivity contribution in [3.63, 3.8) is 0 Å². The van der Waals surface area contributed by atoms with Gasteiger partial charge in [-0.3, -0.25) is 4.79 Å². The molecular formula is C52H92O4. The summed E-state index contributed by atoms with van der Waals surface area (Å²) in [6, 6.07) is 0. The Morgan fingerprint density at radius 3 is 1.21 bits per heavy atom. The third kappa shape index (κ3) is 46.2. The Morgan fingerprint density at radius 2 is 0.804 bits per heavy atom. The smallest absolute Gasteiger partial charge is 0.306 e. The molecule has 4 heteroatoms. The Morgan fingerprint density at radius 1 is 0.446 bits per heavy atom. The predicted octanol–water partition coefficient (Wildman–Crippen LogP) is 16.2. The van der Waals surface area contributed by atoms with Crippen LogP contribution in [0.4, 0.5) is 0 Å². The Balaban J connectivity index is 3.48. The second-order valence-corrected chi connectivity index (χ2v) is 15.8. The number of hydrogen-bond donors (Lipinski definition) is 1. The fourth-order valence-electron chi connectivity index (χ4n) is 6.74. The van der Waals surface area contributed by atoms with Crippen LogP contribution in [0.5, 0.6) is 0 Å². The van der Waals surface area contributed by atoms with E-state index in [9.17, 15) is 9.90 Å². The molecule has 0 rings (SSSR count). The summed E-state index contributed by atoms with van der Waals surface area (Å²) < 4.78 is 11.2. The van der Waals surface area contributed by atoms with Crippen LogP contribution in [0.2, 0.25) is 0 Å². The van der Waals surface area contributed by atoms with E-state index in [2.05, 4.69) is 86.8 Å². The molecule has 324 valence electrons. The summed E-state index contributed by atoms with van der Waals surface area (Å²) in [4.78, 5) is 12.2. The predicted molar refractivity (Wildman–Crippen MR) is 246 cm³/mol. The lowest BCUT2D eigenvalue weighted by Gasteiger charge is -2.15. The molecule has 4 nitrogen and oxygen atoms in total. The van der Waals surface area contributed by atoms with Gasteiger partial charge >= 0.3 is 5.97 Å². The van der Waals surface area contributed by atoms with Gasteiger partial charge in [-0.05, 0) is 64.2 Å². The summed E-state index contributed by atoms with van der Waals surface area (Å²) >= 11 is 0. The van der Waals surface area contributed by atoms with E-state index >= 15 is 0 Å². The minimum Gasteiger partial charge on any atom is -0.457 e. The number of ether oxygens (including phenoxy) is 2. The number of aliphatic hydroxyl groups is 1. The lowest BCUT2D eigenvalue weighted by Crippen LogP contribution is -2.27. The third-order valence-corrected chi connectivity index (χ3v) is 10.3. The van der Waals surface area contributed by atoms with E-state index < -0.39 is 6.10 Å². The van der Waals surface area contributed by atoms with Crippen LogP contribution in [0.25, 0.3) is 0 Å². The molecule has 0 saturated heterocycles. The first-order valence-corrected chi connectivity index (χ1v) is 24.0. The van der Waals surface area contributed by atoms with E-state index in [1.807, 2.05) is 0 Å². The third-order valence-electron chi connectivity index (χ3n) is 10.3. The molecule has 0 radical (unpaired) electrons. The highest BCUT2D eigenvalue weighted by Crippen LogP contribution is 2.15. The number of hydrogen-bond acceptors (Lipinski definition) is 4. The Kier molecular flexibility index (Phi) is 47.1. The van der Waals surface area contributed by atoms with E-state index in [4.69, 9.17) is 9.47 Å². The normalized spacial score (nSPS) is 13.0. The first-order valence-electron chi connectivity index (χ1n) is 24.0. The molecule has 0 aromatic carbocycles. The summed E-state index contributed by atoms with van der Waals surface area (Å²) in [5.41, 5.74) is 0. The highest BCUT2D eigenvalue weighted by molar-refractivity contribution is 5.69. The zero-order valence-corrected chi connectivity index (χ0v) is 37.1. The standard InChI is InChI=1S/C52H92O4/c1-3-5-7-9-11-13-15-17-19-21-23-25-26-27-28-30-32-34-36-38-40-42-44-46-48-55-50-51(49-53)56-52(54)47-45-43-41-39-37-35-33-31-29-24-22-20-18-16-14-12-10-8-6-4-2/h5,7,11,13,17,19,23,25,27-28,32,34,51,53H,3-4,6,8-10,12,14-16,18,20-22,24,26,29-31,33,35-50H2,1-2H3/b7-5-,13-11-,19-17-,25-23-,28-27-,34-32-. The van der Waals surface area contributed by atoms with Crippen LogP contribution in [0.1, 0.15) is 226 Å². The Labute approximate surface area is 348 Å². The second-order valence-electron chi connectivity index (χ2n) is 15.8. The monoisotopic (exact) mass is 781 g/mol. The van der Waals surface area contributed by atoms with Crippen LogP contribution in [0, 0.1) is 0 Å². The molecule has 0 aromatic heterocycles. The Bertz CT molecular complexity index is 958. The molecule has 56 heavy (non-hydrogen) atoms. The molecule has 1 atom stereocenters. The molecule has 0 aliphatic carbocycles. The van der Waals surface area contributed by atoms with Gasteiger partial charge < -0.3 is 14.6 Å². The molecule has 0 heterocycles. The van der Waals surface area contributed by atoms with Gasteiger partial charge in [0.15, 0.2) is 0 Å². The van der Waals surface area contributed by atoms with Crippen molar-refractivity contribution in [1.29, 1.82) is 0 Å². The number of esters is 1. The second kappa shape index (κ2) is 49.0. The topological polar surface area (TPSA) is 55.8 Å². The van der Waals surface area contributed by atoms with Gasteiger partial charge in [-0.2, -0.15) is 0 Å². The minimum absolute atomic E-state index is 0.181. The van der Waals surface area contributed by atoms with E-state index in [1.165, 1.54) is 135 Å². The molecular weight excluding hydrogens is 689 g/mol. The fraction of sp³-hybridized carbons (Fsp3) is 0.750. The molecule has 0 aliphatic heterocycles. The summed E-state index contributed by atoms with van der Waals surface area (Å²) in [6.07, 6.45) is 66.9. The zero-order chi connectivity index (χ0) is 40.5. The van der Waals surface area contributed by atoms with Crippen molar-refractivity contribution in [3.05, 3.63) is 72.9 Å². The molecule has 1 unspecified atom stereocenters. The number of aliphatic hydroxyl groups excluding tert-OH is 1. The van der Waals surface area contributed by atoms with E-state index in [-0.39, 0.29) is 19.2 Å². The van der Waals surface area contributed by atoms with Crippen molar-refractivity contribution >= 4 is 5.97 Å². The lowest BCUT2D eigenvalue weighted by atomic mass is 10.0. The maximum atomic E-state index is 12.2. The maximum absolute atomic E-state index is 12.2. The van der Waals surface area contributed by atoms with Crippen molar-refractivity contribution in [2.45, 2.75) is 232 Å². The highest BCUT2D eigenvalue weighted by atomic mass is 16.6. The summed E-state index contributed by atoms with van der Waals surface area (Å²) in [5.74, 6) is -0.207. The molecule has 0 spiro atoms. The average molecular weight is 781 g/mol. The first kappa shape index (κ1) is 53.8. The molecule has 0 bridgehead atoms. The van der Waals surface area contributed by atoms with Gasteiger partial charge in [0.25, 0.3) is 0 Å². The maximum Gasteiger partial charge on any atom is 0.306 e. The van der Waals surface area contributed by atoms with E-state index in [0.29, 0.717) is 13.0 Å². The van der Waals surface area contributed by atoms with Gasteiger partial charge in [-0.15, -0.1) is 0 Å². The van der Waals surface area contributed by atoms with Crippen LogP contribution in [-0.2, 0) is 14.3 Å². The van der Waals surface area contributed by atoms with Gasteiger partial charge in [0, 0.05) is 13.0 Å². The SMILES string of the molecule is CC/C=C\C/C=C\C/C=C\C/C=C\C/C=C\C/C=C\CCCCCCCOCC(CO)OC(=O)CCCCCCCCCCCCCCCCCCCCCC. The van der Waals surface area contributed by atoms with Gasteiger partial charge in [0.1, 0.15) is 6.10 Å². The van der Waals surface area contributed by atoms with Crippen molar-refractivity contribution in [2.75, 3.05) is 19.8 Å². The van der Waals surface area contributed by atoms with E-state index in [1.54, 1.807) is 0 Å². The molecule has 0 aliphatic rings. The zero-order valence-electron chi connectivity index (χ0n) is 37.1. The van der Waals surface area contributed by atoms with Crippen LogP contribution in [0.3, 0.4) is 0 Å². The number of rotatable bonds is 44. The summed E-state index contributed by atoms with van der Waals surface area (Å²) in [5, 5.41) is 9.63. The fourth-order valence-corrected chi connectivity index (χ4v) is 6.74. The minimum atomic E-state index is -0.547. The van der Waals surface area contributed by atoms with Crippen molar-refractivity contribution < 1.29 is 19.4 Å². The summed E-state index contributed by atoms with van der Waals surface area (Å²) in [7, 11) is 0. The Hall–Kier alpha value is -2.17. The number of unbranched alkanes of at least 4 members (excludes halogenated alkanes) is 24. The highest BCUT2D eigenvalue weighted by Gasteiger charge is 2.13. The molecule has 1 N–H and O–H groups in total. The number of carbonyl (C=O) groups is 1. The summed E-state index contributed by atoms with van der Waals surface area (Å²) in [6.45, 7) is 5.21. The largest absolute Gasteiger partial charge is 0.457 e. The van der Waals surface area contributed by atoms with Crippen molar-refractivity contribution in [3.8, 4) is 0 Å².